The highest BCUT2D eigenvalue weighted by atomic mass is 16.5. The van der Waals surface area contributed by atoms with Gasteiger partial charge in [0.1, 0.15) is 0 Å². The molecular weight excluding hydrogens is 240 g/mol. The zero-order valence-electron chi connectivity index (χ0n) is 10.1. The Bertz CT molecular complexity index is 602. The second kappa shape index (κ2) is 4.82. The van der Waals surface area contributed by atoms with Gasteiger partial charge in [-0.2, -0.15) is 0 Å². The summed E-state index contributed by atoms with van der Waals surface area (Å²) < 4.78 is 20.5. The minimum atomic E-state index is -0.637. The first-order chi connectivity index (χ1) is 8.71. The first-order valence-electron chi connectivity index (χ1n) is 5.06. The molecule has 0 aliphatic rings. The van der Waals surface area contributed by atoms with E-state index < -0.39 is 5.76 Å². The Labute approximate surface area is 102 Å². The highest BCUT2D eigenvalue weighted by Crippen LogP contribution is 2.43. The van der Waals surface area contributed by atoms with Gasteiger partial charge in [-0.1, -0.05) is 0 Å². The molecule has 0 fully saturated rings. The van der Waals surface area contributed by atoms with Crippen LogP contribution in [0.3, 0.4) is 0 Å². The van der Waals surface area contributed by atoms with Crippen LogP contribution in [-0.4, -0.2) is 31.5 Å². The van der Waals surface area contributed by atoms with E-state index in [0.717, 1.165) is 0 Å². The average molecular weight is 252 g/mol. The van der Waals surface area contributed by atoms with Gasteiger partial charge < -0.3 is 18.6 Å². The van der Waals surface area contributed by atoms with Crippen LogP contribution >= 0.6 is 0 Å². The number of hydrogen-bond acceptors (Lipinski definition) is 6. The molecule has 1 aromatic heterocycles. The second-order valence-electron chi connectivity index (χ2n) is 3.30. The number of nitrogens with zero attached hydrogens (tertiary/aromatic N) is 1. The van der Waals surface area contributed by atoms with E-state index in [4.69, 9.17) is 18.6 Å². The van der Waals surface area contributed by atoms with Crippen LogP contribution in [0.4, 0.5) is 0 Å². The van der Waals surface area contributed by atoms with Crippen molar-refractivity contribution in [3.63, 3.8) is 0 Å². The Morgan fingerprint density at radius 2 is 1.83 bits per heavy atom. The maximum atomic E-state index is 11.0. The molecule has 2 rings (SSSR count). The third-order valence-electron chi connectivity index (χ3n) is 2.37. The minimum absolute atomic E-state index is 0.123. The molecule has 1 heterocycles. The lowest BCUT2D eigenvalue weighted by atomic mass is 10.1. The zero-order chi connectivity index (χ0) is 13.1. The molecule has 0 saturated heterocycles. The van der Waals surface area contributed by atoms with Gasteiger partial charge in [0.2, 0.25) is 5.75 Å². The first-order valence-corrected chi connectivity index (χ1v) is 5.06. The summed E-state index contributed by atoms with van der Waals surface area (Å²) in [7, 11) is 4.49. The summed E-state index contributed by atoms with van der Waals surface area (Å²) in [5, 5.41) is 5.93. The normalized spacial score (nSPS) is 10.2. The molecule has 18 heavy (non-hydrogen) atoms. The van der Waals surface area contributed by atoms with Gasteiger partial charge in [0.25, 0.3) is 5.89 Å². The van der Waals surface area contributed by atoms with Crippen molar-refractivity contribution in [3.05, 3.63) is 22.7 Å². The zero-order valence-corrected chi connectivity index (χ0v) is 10.1. The molecule has 0 amide bonds. The van der Waals surface area contributed by atoms with Crippen molar-refractivity contribution in [1.29, 1.82) is 0 Å². The van der Waals surface area contributed by atoms with Gasteiger partial charge in [-0.05, 0) is 12.1 Å². The molecule has 0 atom stereocenters. The molecule has 0 radical (unpaired) electrons. The number of aromatic amines is 1. The predicted octanol–water partition coefficient (Wildman–Crippen LogP) is 1.06. The monoisotopic (exact) mass is 252 g/mol. The Balaban J connectivity index is 2.65. The van der Waals surface area contributed by atoms with Gasteiger partial charge in [-0.15, -0.1) is 5.10 Å². The second-order valence-corrected chi connectivity index (χ2v) is 3.30. The van der Waals surface area contributed by atoms with Crippen molar-refractivity contribution >= 4 is 0 Å². The molecule has 0 bridgehead atoms. The number of rotatable bonds is 4. The SMILES string of the molecule is COc1ccc(-c2n[nH]c(=O)o2)c(OC)c1OC. The quantitative estimate of drug-likeness (QED) is 0.875. The molecule has 0 aliphatic carbocycles. The van der Waals surface area contributed by atoms with Crippen molar-refractivity contribution < 1.29 is 18.6 Å². The predicted molar refractivity (Wildman–Crippen MR) is 62.2 cm³/mol. The van der Waals surface area contributed by atoms with E-state index in [1.807, 2.05) is 0 Å². The van der Waals surface area contributed by atoms with Crippen LogP contribution in [0, 0.1) is 0 Å². The summed E-state index contributed by atoms with van der Waals surface area (Å²) in [4.78, 5) is 11.0. The average Bonchev–Trinajstić information content (AvgIpc) is 2.83. The highest BCUT2D eigenvalue weighted by Gasteiger charge is 2.20. The number of H-pyrrole nitrogens is 1. The Morgan fingerprint density at radius 1 is 1.11 bits per heavy atom. The lowest BCUT2D eigenvalue weighted by Crippen LogP contribution is -1.97. The van der Waals surface area contributed by atoms with Crippen LogP contribution in [0.5, 0.6) is 17.2 Å². The fourth-order valence-corrected chi connectivity index (χ4v) is 1.61. The Kier molecular flexibility index (Phi) is 3.22. The number of ether oxygens (including phenoxy) is 3. The number of benzene rings is 1. The van der Waals surface area contributed by atoms with Crippen LogP contribution in [-0.2, 0) is 0 Å². The van der Waals surface area contributed by atoms with Crippen molar-refractivity contribution in [3.8, 4) is 28.7 Å². The maximum absolute atomic E-state index is 11.0. The van der Waals surface area contributed by atoms with E-state index >= 15 is 0 Å². The smallest absolute Gasteiger partial charge is 0.434 e. The lowest BCUT2D eigenvalue weighted by Gasteiger charge is -2.13. The Hall–Kier alpha value is -2.44. The largest absolute Gasteiger partial charge is 0.493 e. The van der Waals surface area contributed by atoms with Crippen molar-refractivity contribution in [2.24, 2.45) is 0 Å². The van der Waals surface area contributed by atoms with Gasteiger partial charge in [-0.3, -0.25) is 0 Å². The molecule has 1 N–H and O–H groups in total. The summed E-state index contributed by atoms with van der Waals surface area (Å²) in [5.41, 5.74) is 0.494. The van der Waals surface area contributed by atoms with E-state index in [0.29, 0.717) is 22.8 Å². The summed E-state index contributed by atoms with van der Waals surface area (Å²) in [6, 6.07) is 3.34. The summed E-state index contributed by atoms with van der Waals surface area (Å²) in [6.45, 7) is 0. The first kappa shape index (κ1) is 12.0. The van der Waals surface area contributed by atoms with E-state index in [2.05, 4.69) is 10.2 Å². The highest BCUT2D eigenvalue weighted by molar-refractivity contribution is 5.71. The number of nitrogens with one attached hydrogen (secondary N) is 1. The molecule has 0 saturated carbocycles. The molecule has 96 valence electrons. The lowest BCUT2D eigenvalue weighted by molar-refractivity contribution is 0.324. The van der Waals surface area contributed by atoms with Gasteiger partial charge in [0.05, 0.1) is 26.9 Å². The van der Waals surface area contributed by atoms with E-state index in [1.54, 1.807) is 12.1 Å². The molecule has 7 heteroatoms. The summed E-state index contributed by atoms with van der Waals surface area (Å²) in [5.74, 6) is 0.783. The summed E-state index contributed by atoms with van der Waals surface area (Å²) >= 11 is 0. The van der Waals surface area contributed by atoms with E-state index in [1.165, 1.54) is 21.3 Å². The number of methoxy groups -OCH3 is 3. The van der Waals surface area contributed by atoms with E-state index in [9.17, 15) is 4.79 Å². The standard InChI is InChI=1S/C11H12N2O5/c1-15-7-5-4-6(8(16-2)9(7)17-3)10-12-13-11(14)18-10/h4-5H,1-3H3,(H,13,14). The van der Waals surface area contributed by atoms with Gasteiger partial charge >= 0.3 is 5.76 Å². The molecule has 0 aliphatic heterocycles. The van der Waals surface area contributed by atoms with Crippen molar-refractivity contribution in [2.75, 3.05) is 21.3 Å². The fourth-order valence-electron chi connectivity index (χ4n) is 1.61. The molecular formula is C11H12N2O5. The third kappa shape index (κ3) is 1.90. The Morgan fingerprint density at radius 3 is 2.33 bits per heavy atom. The van der Waals surface area contributed by atoms with Crippen LogP contribution < -0.4 is 20.0 Å². The van der Waals surface area contributed by atoms with Gasteiger partial charge in [0.15, 0.2) is 11.5 Å². The third-order valence-corrected chi connectivity index (χ3v) is 2.37. The van der Waals surface area contributed by atoms with E-state index in [-0.39, 0.29) is 5.89 Å². The topological polar surface area (TPSA) is 86.6 Å². The minimum Gasteiger partial charge on any atom is -0.493 e. The maximum Gasteiger partial charge on any atom is 0.434 e. The van der Waals surface area contributed by atoms with Crippen molar-refractivity contribution in [2.45, 2.75) is 0 Å². The van der Waals surface area contributed by atoms with Gasteiger partial charge in [0, 0.05) is 0 Å². The van der Waals surface area contributed by atoms with Gasteiger partial charge in [-0.25, -0.2) is 9.89 Å². The number of hydrogen-bond donors (Lipinski definition) is 1. The molecule has 2 aromatic rings. The fraction of sp³-hybridized carbons (Fsp3) is 0.273. The summed E-state index contributed by atoms with van der Waals surface area (Å²) in [6.07, 6.45) is 0. The molecule has 0 unspecified atom stereocenters. The van der Waals surface area contributed by atoms with Crippen LogP contribution in [0.1, 0.15) is 0 Å². The molecule has 1 aromatic carbocycles. The van der Waals surface area contributed by atoms with Crippen molar-refractivity contribution in [1.82, 2.24) is 10.2 Å². The number of aromatic nitrogens is 2. The van der Waals surface area contributed by atoms with Crippen LogP contribution in [0.15, 0.2) is 21.3 Å². The van der Waals surface area contributed by atoms with Crippen LogP contribution in [0.25, 0.3) is 11.5 Å². The van der Waals surface area contributed by atoms with Crippen LogP contribution in [0.2, 0.25) is 0 Å². The molecule has 0 spiro atoms. The molecule has 7 nitrogen and oxygen atoms in total.